The Balaban J connectivity index is 1.89. The summed E-state index contributed by atoms with van der Waals surface area (Å²) in [5.74, 6) is 2.84. The van der Waals surface area contributed by atoms with E-state index >= 15 is 0 Å². The van der Waals surface area contributed by atoms with Crippen molar-refractivity contribution in [3.63, 3.8) is 0 Å². The van der Waals surface area contributed by atoms with Gasteiger partial charge in [0.2, 0.25) is 0 Å². The van der Waals surface area contributed by atoms with Crippen molar-refractivity contribution in [3.8, 4) is 0 Å². The molecule has 2 nitrogen and oxygen atoms in total. The number of halogens is 1. The number of hydrogen-bond donors (Lipinski definition) is 1. The predicted molar refractivity (Wildman–Crippen MR) is 65.5 cm³/mol. The third kappa shape index (κ3) is 1.47. The number of alkyl halides is 1. The van der Waals surface area contributed by atoms with Crippen LogP contribution in [-0.4, -0.2) is 15.4 Å². The minimum absolute atomic E-state index is 0.359. The van der Waals surface area contributed by atoms with Crippen LogP contribution in [0.2, 0.25) is 0 Å². The van der Waals surface area contributed by atoms with Gasteiger partial charge in [-0.15, -0.1) is 0 Å². The van der Waals surface area contributed by atoms with Gasteiger partial charge in [0, 0.05) is 0 Å². The molecule has 0 aromatic rings. The van der Waals surface area contributed by atoms with Crippen LogP contribution < -0.4 is 0 Å². The second-order valence-corrected chi connectivity index (χ2v) is 7.98. The van der Waals surface area contributed by atoms with E-state index in [1.54, 1.807) is 0 Å². The zero-order valence-electron chi connectivity index (χ0n) is 9.66. The Bertz CT molecular complexity index is 296. The Labute approximate surface area is 105 Å². The maximum absolute atomic E-state index is 11.4. The predicted octanol–water partition coefficient (Wildman–Crippen LogP) is 3.30. The fraction of sp³-hybridized carbons (Fsp3) is 0.923. The number of carboxylic acid groups (broad SMARTS) is 1. The molecule has 4 aliphatic rings. The van der Waals surface area contributed by atoms with E-state index in [0.717, 1.165) is 11.8 Å². The molecule has 4 saturated carbocycles. The summed E-state index contributed by atoms with van der Waals surface area (Å²) in [5.41, 5.74) is 0. The largest absolute Gasteiger partial charge is 0.480 e. The first kappa shape index (κ1) is 11.1. The van der Waals surface area contributed by atoms with Crippen LogP contribution in [-0.2, 0) is 4.79 Å². The average Bonchev–Trinajstić information content (AvgIpc) is 2.14. The summed E-state index contributed by atoms with van der Waals surface area (Å²) < 4.78 is -0.699. The first-order valence-electron chi connectivity index (χ1n) is 6.40. The third-order valence-electron chi connectivity index (χ3n) is 5.27. The Morgan fingerprint density at radius 3 is 1.94 bits per heavy atom. The second kappa shape index (κ2) is 3.47. The molecule has 0 radical (unpaired) electrons. The van der Waals surface area contributed by atoms with Gasteiger partial charge in [-0.2, -0.15) is 0 Å². The summed E-state index contributed by atoms with van der Waals surface area (Å²) in [7, 11) is 0. The highest BCUT2D eigenvalue weighted by molar-refractivity contribution is 9.10. The van der Waals surface area contributed by atoms with Crippen LogP contribution in [0.3, 0.4) is 0 Å². The molecule has 3 heteroatoms. The van der Waals surface area contributed by atoms with Crippen molar-refractivity contribution in [2.75, 3.05) is 0 Å². The molecule has 1 atom stereocenters. The lowest BCUT2D eigenvalue weighted by molar-refractivity contribution is -0.146. The van der Waals surface area contributed by atoms with Crippen molar-refractivity contribution < 1.29 is 9.90 Å². The Kier molecular flexibility index (Phi) is 2.40. The summed E-state index contributed by atoms with van der Waals surface area (Å²) in [6, 6.07) is 0. The Morgan fingerprint density at radius 1 is 1.12 bits per heavy atom. The van der Waals surface area contributed by atoms with E-state index in [1.165, 1.54) is 32.1 Å². The van der Waals surface area contributed by atoms with Gasteiger partial charge in [0.05, 0.1) is 0 Å². The normalized spacial score (nSPS) is 49.0. The quantitative estimate of drug-likeness (QED) is 0.791. The van der Waals surface area contributed by atoms with Gasteiger partial charge in [0.25, 0.3) is 0 Å². The van der Waals surface area contributed by atoms with E-state index in [2.05, 4.69) is 15.9 Å². The molecule has 4 bridgehead atoms. The van der Waals surface area contributed by atoms with Crippen LogP contribution in [0.1, 0.15) is 39.0 Å². The molecule has 1 unspecified atom stereocenters. The molecule has 0 aromatic carbocycles. The number of carboxylic acids is 1. The standard InChI is InChI=1S/C13H19BrO2/c1-13(14,12(15)16)11-9-3-7-2-8(5-9)6-10(11)4-7/h7-11H,2-6H2,1H3,(H,15,16). The molecule has 90 valence electrons. The molecule has 0 aliphatic heterocycles. The summed E-state index contributed by atoms with van der Waals surface area (Å²) in [5, 5.41) is 9.38. The highest BCUT2D eigenvalue weighted by Gasteiger charge is 2.55. The van der Waals surface area contributed by atoms with Crippen molar-refractivity contribution in [3.05, 3.63) is 0 Å². The monoisotopic (exact) mass is 286 g/mol. The highest BCUT2D eigenvalue weighted by atomic mass is 79.9. The zero-order chi connectivity index (χ0) is 11.5. The molecule has 4 aliphatic carbocycles. The van der Waals surface area contributed by atoms with Gasteiger partial charge in [-0.1, -0.05) is 15.9 Å². The summed E-state index contributed by atoms with van der Waals surface area (Å²) in [6.07, 6.45) is 6.56. The van der Waals surface area contributed by atoms with Crippen molar-refractivity contribution in [2.24, 2.45) is 29.6 Å². The van der Waals surface area contributed by atoms with Crippen molar-refractivity contribution in [2.45, 2.75) is 43.4 Å². The van der Waals surface area contributed by atoms with Crippen LogP contribution >= 0.6 is 15.9 Å². The molecule has 0 heterocycles. The summed E-state index contributed by atoms with van der Waals surface area (Å²) >= 11 is 3.50. The Morgan fingerprint density at radius 2 is 1.56 bits per heavy atom. The maximum atomic E-state index is 11.4. The molecule has 0 amide bonds. The van der Waals surface area contributed by atoms with Gasteiger partial charge in [0.1, 0.15) is 4.32 Å². The second-order valence-electron chi connectivity index (χ2n) is 6.34. The fourth-order valence-corrected chi connectivity index (χ4v) is 5.70. The molecule has 4 fully saturated rings. The molecular formula is C13H19BrO2. The highest BCUT2D eigenvalue weighted by Crippen LogP contribution is 2.60. The summed E-state index contributed by atoms with van der Waals surface area (Å²) in [6.45, 7) is 1.86. The van der Waals surface area contributed by atoms with Crippen LogP contribution in [0.25, 0.3) is 0 Å². The van der Waals surface area contributed by atoms with Crippen LogP contribution in [0.4, 0.5) is 0 Å². The first-order chi connectivity index (χ1) is 7.48. The van der Waals surface area contributed by atoms with Gasteiger partial charge in [-0.05, 0) is 68.6 Å². The number of carbonyl (C=O) groups is 1. The zero-order valence-corrected chi connectivity index (χ0v) is 11.2. The molecular weight excluding hydrogens is 268 g/mol. The summed E-state index contributed by atoms with van der Waals surface area (Å²) in [4.78, 5) is 11.4. The van der Waals surface area contributed by atoms with Crippen molar-refractivity contribution in [1.82, 2.24) is 0 Å². The van der Waals surface area contributed by atoms with Gasteiger partial charge < -0.3 is 5.11 Å². The van der Waals surface area contributed by atoms with E-state index in [-0.39, 0.29) is 0 Å². The lowest BCUT2D eigenvalue weighted by atomic mass is 9.50. The van der Waals surface area contributed by atoms with Gasteiger partial charge in [-0.25, -0.2) is 0 Å². The lowest BCUT2D eigenvalue weighted by Crippen LogP contribution is -2.54. The minimum atomic E-state index is -0.699. The van der Waals surface area contributed by atoms with Crippen LogP contribution in [0.5, 0.6) is 0 Å². The first-order valence-corrected chi connectivity index (χ1v) is 7.20. The average molecular weight is 287 g/mol. The maximum Gasteiger partial charge on any atom is 0.320 e. The molecule has 1 N–H and O–H groups in total. The van der Waals surface area contributed by atoms with Crippen LogP contribution in [0.15, 0.2) is 0 Å². The minimum Gasteiger partial charge on any atom is -0.480 e. The van der Waals surface area contributed by atoms with Gasteiger partial charge in [0.15, 0.2) is 0 Å². The SMILES string of the molecule is CC(Br)(C(=O)O)C1C2CC3CC(C2)CC1C3. The van der Waals surface area contributed by atoms with E-state index < -0.39 is 10.3 Å². The third-order valence-corrected chi connectivity index (χ3v) is 6.14. The van der Waals surface area contributed by atoms with E-state index in [0.29, 0.717) is 17.8 Å². The van der Waals surface area contributed by atoms with E-state index in [1.807, 2.05) is 6.92 Å². The van der Waals surface area contributed by atoms with Crippen molar-refractivity contribution >= 4 is 21.9 Å². The van der Waals surface area contributed by atoms with Gasteiger partial charge in [-0.3, -0.25) is 4.79 Å². The van der Waals surface area contributed by atoms with Crippen LogP contribution in [0, 0.1) is 29.6 Å². The van der Waals surface area contributed by atoms with Gasteiger partial charge >= 0.3 is 5.97 Å². The smallest absolute Gasteiger partial charge is 0.320 e. The Hall–Kier alpha value is -0.0500. The number of hydrogen-bond acceptors (Lipinski definition) is 1. The number of rotatable bonds is 2. The molecule has 0 saturated heterocycles. The lowest BCUT2D eigenvalue weighted by Gasteiger charge is -2.57. The molecule has 0 spiro atoms. The fourth-order valence-electron chi connectivity index (χ4n) is 4.95. The number of aliphatic carboxylic acids is 1. The molecule has 4 rings (SSSR count). The van der Waals surface area contributed by atoms with E-state index in [9.17, 15) is 9.90 Å². The molecule has 0 aromatic heterocycles. The van der Waals surface area contributed by atoms with Crippen molar-refractivity contribution in [1.29, 1.82) is 0 Å². The molecule has 16 heavy (non-hydrogen) atoms. The van der Waals surface area contributed by atoms with E-state index in [4.69, 9.17) is 0 Å². The topological polar surface area (TPSA) is 37.3 Å².